The third kappa shape index (κ3) is 6.01. The number of benzene rings is 2. The molecule has 1 aliphatic rings. The zero-order valence-corrected chi connectivity index (χ0v) is 23.9. The summed E-state index contributed by atoms with van der Waals surface area (Å²) in [6.07, 6.45) is -1.27. The van der Waals surface area contributed by atoms with Gasteiger partial charge in [-0.15, -0.1) is 0 Å². The summed E-state index contributed by atoms with van der Waals surface area (Å²) in [6, 6.07) is 10.4. The summed E-state index contributed by atoms with van der Waals surface area (Å²) in [4.78, 5) is 23.7. The highest BCUT2D eigenvalue weighted by Gasteiger charge is 2.30. The molecular formula is C28H31ClF3N5O2S. The number of H-pyrrole nitrogens is 1. The Balaban J connectivity index is 1.30. The Bertz CT molecular complexity index is 1700. The number of likely N-dealkylation sites (tertiary alicyclic amines) is 1. The second kappa shape index (κ2) is 10.8. The van der Waals surface area contributed by atoms with Gasteiger partial charge < -0.3 is 4.98 Å². The molecule has 2 aromatic heterocycles. The van der Waals surface area contributed by atoms with Crippen molar-refractivity contribution in [3.8, 4) is 11.4 Å². The van der Waals surface area contributed by atoms with E-state index in [1.165, 1.54) is 12.1 Å². The van der Waals surface area contributed by atoms with Gasteiger partial charge in [-0.25, -0.2) is 9.78 Å². The van der Waals surface area contributed by atoms with Crippen LogP contribution >= 0.6 is 11.6 Å². The Labute approximate surface area is 235 Å². The molecule has 2 aromatic carbocycles. The number of aromatic amines is 1. The van der Waals surface area contributed by atoms with Crippen LogP contribution in [0.3, 0.4) is 0 Å². The minimum absolute atomic E-state index is 0.00222. The standard InChI is InChI=1S/C28H31ClF3N5O2S/c1-18-23(34-26(33-18)19-4-6-20(7-5-19)28(30,31)32)17-35-12-10-22(11-13-35)37-24-9-8-21(29)16-25(24)36(27(37)38)14-15-40(2,3)39/h4-9,16,22H,2,10-15,17H2,1,3H3,(H,33,34). The zero-order chi connectivity index (χ0) is 28.8. The number of hydrogen-bond donors (Lipinski definition) is 1. The van der Waals surface area contributed by atoms with Gasteiger partial charge in [0, 0.05) is 60.5 Å². The summed E-state index contributed by atoms with van der Waals surface area (Å²) in [6.45, 7) is 4.31. The van der Waals surface area contributed by atoms with Crippen molar-refractivity contribution in [2.24, 2.45) is 0 Å². The Morgan fingerprint density at radius 1 is 1.12 bits per heavy atom. The van der Waals surface area contributed by atoms with E-state index in [0.717, 1.165) is 60.5 Å². The SMILES string of the molecule is C=S(C)(=O)CCn1c(=O)n(C2CCN(Cc3nc(-c4ccc(C(F)(F)F)cc4)[nH]c3C)CC2)c2ccc(Cl)cc21. The number of aromatic nitrogens is 4. The van der Waals surface area contributed by atoms with Gasteiger partial charge in [0.15, 0.2) is 0 Å². The molecule has 0 amide bonds. The molecule has 0 radical (unpaired) electrons. The van der Waals surface area contributed by atoms with Crippen LogP contribution in [0.2, 0.25) is 5.02 Å². The van der Waals surface area contributed by atoms with E-state index in [1.54, 1.807) is 23.0 Å². The van der Waals surface area contributed by atoms with Gasteiger partial charge in [-0.3, -0.25) is 18.2 Å². The lowest BCUT2D eigenvalue weighted by Crippen LogP contribution is -2.38. The van der Waals surface area contributed by atoms with Crippen molar-refractivity contribution in [3.63, 3.8) is 0 Å². The van der Waals surface area contributed by atoms with Crippen molar-refractivity contribution in [3.05, 3.63) is 74.9 Å². The monoisotopic (exact) mass is 593 g/mol. The van der Waals surface area contributed by atoms with E-state index >= 15 is 0 Å². The number of nitrogens with zero attached hydrogens (tertiary/aromatic N) is 4. The molecule has 214 valence electrons. The van der Waals surface area contributed by atoms with Crippen LogP contribution in [0.1, 0.15) is 35.8 Å². The van der Waals surface area contributed by atoms with Crippen molar-refractivity contribution in [2.45, 2.75) is 45.1 Å². The van der Waals surface area contributed by atoms with Gasteiger partial charge in [0.05, 0.1) is 22.3 Å². The first-order valence-corrected chi connectivity index (χ1v) is 15.6. The lowest BCUT2D eigenvalue weighted by atomic mass is 10.0. The maximum absolute atomic E-state index is 13.5. The van der Waals surface area contributed by atoms with Crippen LogP contribution in [0.5, 0.6) is 0 Å². The average Bonchev–Trinajstić information content (AvgIpc) is 3.38. The molecule has 4 aromatic rings. The second-order valence-corrected chi connectivity index (χ2v) is 13.8. The summed E-state index contributed by atoms with van der Waals surface area (Å²) < 4.78 is 54.4. The van der Waals surface area contributed by atoms with Crippen LogP contribution in [0, 0.1) is 6.92 Å². The highest BCUT2D eigenvalue weighted by Crippen LogP contribution is 2.31. The largest absolute Gasteiger partial charge is 0.416 e. The summed E-state index contributed by atoms with van der Waals surface area (Å²) in [5.41, 5.74) is 3.01. The molecule has 0 spiro atoms. The van der Waals surface area contributed by atoms with Crippen LogP contribution in [0.25, 0.3) is 22.4 Å². The average molecular weight is 594 g/mol. The molecule has 40 heavy (non-hydrogen) atoms. The first-order chi connectivity index (χ1) is 18.8. The van der Waals surface area contributed by atoms with Gasteiger partial charge in [-0.1, -0.05) is 23.7 Å². The second-order valence-electron chi connectivity index (χ2n) is 10.6. The number of hydrogen-bond acceptors (Lipinski definition) is 4. The van der Waals surface area contributed by atoms with E-state index < -0.39 is 21.3 Å². The van der Waals surface area contributed by atoms with Crippen LogP contribution < -0.4 is 5.69 Å². The molecule has 1 atom stereocenters. The fraction of sp³-hybridized carbons (Fsp3) is 0.393. The van der Waals surface area contributed by atoms with E-state index in [-0.39, 0.29) is 11.7 Å². The predicted octanol–water partition coefficient (Wildman–Crippen LogP) is 5.36. The third-order valence-corrected chi connectivity index (χ3v) is 8.72. The molecule has 1 unspecified atom stereocenters. The number of halogens is 4. The maximum Gasteiger partial charge on any atom is 0.416 e. The maximum atomic E-state index is 13.5. The fourth-order valence-electron chi connectivity index (χ4n) is 5.26. The first kappa shape index (κ1) is 28.5. The van der Waals surface area contributed by atoms with Crippen LogP contribution in [0.4, 0.5) is 13.2 Å². The van der Waals surface area contributed by atoms with Gasteiger partial charge in [0.1, 0.15) is 5.82 Å². The molecular weight excluding hydrogens is 563 g/mol. The molecule has 5 rings (SSSR count). The molecule has 1 aliphatic heterocycles. The molecule has 12 heteroatoms. The van der Waals surface area contributed by atoms with Crippen LogP contribution in [-0.2, 0) is 28.8 Å². The normalized spacial score (nSPS) is 16.9. The summed E-state index contributed by atoms with van der Waals surface area (Å²) in [5, 5.41) is 0.533. The predicted molar refractivity (Wildman–Crippen MR) is 155 cm³/mol. The van der Waals surface area contributed by atoms with E-state index in [4.69, 9.17) is 11.6 Å². The number of alkyl halides is 3. The van der Waals surface area contributed by atoms with Gasteiger partial charge in [0.25, 0.3) is 0 Å². The molecule has 0 aliphatic carbocycles. The highest BCUT2D eigenvalue weighted by atomic mass is 35.5. The molecule has 0 bridgehead atoms. The van der Waals surface area contributed by atoms with Gasteiger partial charge in [0.2, 0.25) is 0 Å². The molecule has 1 N–H and O–H groups in total. The Morgan fingerprint density at radius 2 is 1.80 bits per heavy atom. The van der Waals surface area contributed by atoms with Crippen molar-refractivity contribution in [1.82, 2.24) is 24.0 Å². The number of imidazole rings is 2. The number of rotatable bonds is 7. The Hall–Kier alpha value is -3.02. The summed E-state index contributed by atoms with van der Waals surface area (Å²) >= 11 is 6.25. The van der Waals surface area contributed by atoms with E-state index in [1.807, 2.05) is 17.6 Å². The highest BCUT2D eigenvalue weighted by molar-refractivity contribution is 7.99. The lowest BCUT2D eigenvalue weighted by Gasteiger charge is -2.32. The van der Waals surface area contributed by atoms with Crippen molar-refractivity contribution >= 4 is 38.0 Å². The lowest BCUT2D eigenvalue weighted by molar-refractivity contribution is -0.137. The van der Waals surface area contributed by atoms with Crippen molar-refractivity contribution in [2.75, 3.05) is 25.1 Å². The van der Waals surface area contributed by atoms with Gasteiger partial charge in [-0.05, 0) is 65.5 Å². The number of aryl methyl sites for hydroxylation is 2. The summed E-state index contributed by atoms with van der Waals surface area (Å²) in [7, 11) is -2.26. The zero-order valence-electron chi connectivity index (χ0n) is 22.3. The quantitative estimate of drug-likeness (QED) is 0.293. The fourth-order valence-corrected chi connectivity index (χ4v) is 5.99. The molecule has 1 fully saturated rings. The first-order valence-electron chi connectivity index (χ1n) is 13.0. The van der Waals surface area contributed by atoms with Crippen LogP contribution in [0.15, 0.2) is 47.3 Å². The Kier molecular flexibility index (Phi) is 7.66. The molecule has 3 heterocycles. The van der Waals surface area contributed by atoms with Crippen molar-refractivity contribution in [1.29, 1.82) is 0 Å². The molecule has 7 nitrogen and oxygen atoms in total. The molecule has 1 saturated heterocycles. The third-order valence-electron chi connectivity index (χ3n) is 7.44. The minimum Gasteiger partial charge on any atom is -0.342 e. The number of fused-ring (bicyclic) bond motifs is 1. The number of piperidine rings is 1. The van der Waals surface area contributed by atoms with Crippen LogP contribution in [-0.4, -0.2) is 59.2 Å². The topological polar surface area (TPSA) is 75.9 Å². The number of nitrogens with one attached hydrogen (secondary N) is 1. The van der Waals surface area contributed by atoms with Crippen molar-refractivity contribution < 1.29 is 17.4 Å². The van der Waals surface area contributed by atoms with Gasteiger partial charge in [-0.2, -0.15) is 13.2 Å². The van der Waals surface area contributed by atoms with E-state index in [0.29, 0.717) is 35.3 Å². The van der Waals surface area contributed by atoms with E-state index in [9.17, 15) is 22.2 Å². The van der Waals surface area contributed by atoms with E-state index in [2.05, 4.69) is 20.7 Å². The molecule has 0 saturated carbocycles. The smallest absolute Gasteiger partial charge is 0.342 e. The summed E-state index contributed by atoms with van der Waals surface area (Å²) in [5.74, 6) is 4.55. The minimum atomic E-state index is -4.38. The Morgan fingerprint density at radius 3 is 2.42 bits per heavy atom. The van der Waals surface area contributed by atoms with Gasteiger partial charge >= 0.3 is 11.9 Å².